The zero-order valence-electron chi connectivity index (χ0n) is 12.4. The lowest BCUT2D eigenvalue weighted by Crippen LogP contribution is -2.21. The smallest absolute Gasteiger partial charge is 0.120 e. The van der Waals surface area contributed by atoms with Crippen molar-refractivity contribution < 1.29 is 5.11 Å². The second-order valence-corrected chi connectivity index (χ2v) is 6.49. The van der Waals surface area contributed by atoms with Gasteiger partial charge in [-0.15, -0.1) is 0 Å². The Bertz CT molecular complexity index is 486. The molecule has 3 heteroatoms. The molecule has 2 aliphatic rings. The number of aromatic hydroxyl groups is 1. The van der Waals surface area contributed by atoms with Crippen molar-refractivity contribution in [2.45, 2.75) is 44.6 Å². The van der Waals surface area contributed by atoms with E-state index in [1.165, 1.54) is 42.4 Å². The molecule has 1 aliphatic heterocycles. The van der Waals surface area contributed by atoms with Gasteiger partial charge in [-0.3, -0.25) is 4.90 Å². The fraction of sp³-hybridized carbons (Fsp3) is 0.647. The summed E-state index contributed by atoms with van der Waals surface area (Å²) in [6.45, 7) is 1.79. The summed E-state index contributed by atoms with van der Waals surface area (Å²) in [4.78, 5) is 2.37. The van der Waals surface area contributed by atoms with Gasteiger partial charge in [-0.25, -0.2) is 0 Å². The van der Waals surface area contributed by atoms with Gasteiger partial charge in [-0.1, -0.05) is 12.5 Å². The number of phenolic OH excluding ortho intramolecular Hbond substituents is 1. The number of nitrogens with two attached hydrogens (primary N) is 1. The molecular formula is C17H26N2O. The highest BCUT2D eigenvalue weighted by molar-refractivity contribution is 5.47. The molecule has 1 aliphatic carbocycles. The van der Waals surface area contributed by atoms with Crippen LogP contribution in [-0.2, 0) is 12.8 Å². The molecule has 3 nitrogen and oxygen atoms in total. The molecule has 1 fully saturated rings. The van der Waals surface area contributed by atoms with Gasteiger partial charge in [0.15, 0.2) is 0 Å². The molecule has 0 spiro atoms. The van der Waals surface area contributed by atoms with Crippen LogP contribution >= 0.6 is 0 Å². The number of fused-ring (bicyclic) bond motifs is 1. The van der Waals surface area contributed by atoms with Gasteiger partial charge in [0, 0.05) is 18.2 Å². The van der Waals surface area contributed by atoms with Crippen LogP contribution in [0.15, 0.2) is 12.1 Å². The zero-order chi connectivity index (χ0) is 14.1. The van der Waals surface area contributed by atoms with Gasteiger partial charge < -0.3 is 10.8 Å². The average molecular weight is 274 g/mol. The first-order valence-corrected chi connectivity index (χ1v) is 7.94. The average Bonchev–Trinajstić information content (AvgIpc) is 2.67. The van der Waals surface area contributed by atoms with Crippen molar-refractivity contribution in [2.24, 2.45) is 11.7 Å². The Morgan fingerprint density at radius 2 is 2.05 bits per heavy atom. The highest BCUT2D eigenvalue weighted by Crippen LogP contribution is 2.42. The van der Waals surface area contributed by atoms with Crippen LogP contribution in [-0.4, -0.2) is 30.1 Å². The summed E-state index contributed by atoms with van der Waals surface area (Å²) in [6, 6.07) is 4.38. The maximum atomic E-state index is 10.4. The number of hydrogen-bond donors (Lipinski definition) is 2. The summed E-state index contributed by atoms with van der Waals surface area (Å²) >= 11 is 0. The van der Waals surface area contributed by atoms with Crippen LogP contribution < -0.4 is 5.73 Å². The number of phenols is 1. The van der Waals surface area contributed by atoms with E-state index >= 15 is 0 Å². The molecule has 2 unspecified atom stereocenters. The maximum Gasteiger partial charge on any atom is 0.120 e. The number of likely N-dealkylation sites (tertiary alicyclic amines) is 1. The number of benzene rings is 1. The lowest BCUT2D eigenvalue weighted by atomic mass is 9.89. The highest BCUT2D eigenvalue weighted by Gasteiger charge is 2.33. The molecule has 3 rings (SSSR count). The van der Waals surface area contributed by atoms with Crippen molar-refractivity contribution >= 4 is 0 Å². The number of aryl methyl sites for hydroxylation is 1. The number of nitrogens with zero attached hydrogens (tertiary/aromatic N) is 1. The van der Waals surface area contributed by atoms with E-state index in [4.69, 9.17) is 5.73 Å². The highest BCUT2D eigenvalue weighted by atomic mass is 16.3. The molecule has 3 N–H and O–H groups in total. The summed E-state index contributed by atoms with van der Waals surface area (Å²) in [6.07, 6.45) is 7.21. The minimum atomic E-state index is 0.344. The van der Waals surface area contributed by atoms with Gasteiger partial charge in [0.25, 0.3) is 0 Å². The molecule has 0 saturated carbocycles. The fourth-order valence-corrected chi connectivity index (χ4v) is 4.01. The molecule has 0 radical (unpaired) electrons. The van der Waals surface area contributed by atoms with Crippen molar-refractivity contribution in [3.8, 4) is 5.75 Å². The van der Waals surface area contributed by atoms with Crippen LogP contribution in [0.1, 0.15) is 48.4 Å². The predicted octanol–water partition coefficient (Wildman–Crippen LogP) is 2.61. The predicted molar refractivity (Wildman–Crippen MR) is 81.9 cm³/mol. The summed E-state index contributed by atoms with van der Waals surface area (Å²) in [5, 5.41) is 10.4. The standard InChI is InChI=1S/C17H26N2O/c1-19-11-12(10-18)9-15(19)17-14-6-4-2-3-5-13(14)7-8-16(17)20/h7-8,12,15,20H,2-6,9-11,18H2,1H3. The van der Waals surface area contributed by atoms with Gasteiger partial charge >= 0.3 is 0 Å². The second kappa shape index (κ2) is 5.74. The zero-order valence-corrected chi connectivity index (χ0v) is 12.4. The van der Waals surface area contributed by atoms with Gasteiger partial charge in [-0.05, 0) is 68.8 Å². The Kier molecular flexibility index (Phi) is 3.99. The first kappa shape index (κ1) is 13.9. The summed E-state index contributed by atoms with van der Waals surface area (Å²) in [5.74, 6) is 1.05. The normalized spacial score (nSPS) is 27.3. The van der Waals surface area contributed by atoms with Crippen LogP contribution in [0.3, 0.4) is 0 Å². The molecular weight excluding hydrogens is 248 g/mol. The van der Waals surface area contributed by atoms with Crippen LogP contribution in [0.25, 0.3) is 0 Å². The largest absolute Gasteiger partial charge is 0.508 e. The minimum absolute atomic E-state index is 0.344. The van der Waals surface area contributed by atoms with E-state index in [9.17, 15) is 5.11 Å². The van der Waals surface area contributed by atoms with Crippen molar-refractivity contribution in [3.05, 3.63) is 28.8 Å². The van der Waals surface area contributed by atoms with Crippen molar-refractivity contribution in [2.75, 3.05) is 20.1 Å². The molecule has 2 atom stereocenters. The van der Waals surface area contributed by atoms with Crippen molar-refractivity contribution in [1.29, 1.82) is 0 Å². The van der Waals surface area contributed by atoms with Gasteiger partial charge in [0.2, 0.25) is 0 Å². The van der Waals surface area contributed by atoms with E-state index in [1.807, 2.05) is 6.07 Å². The minimum Gasteiger partial charge on any atom is -0.508 e. The SMILES string of the molecule is CN1CC(CN)CC1c1c(O)ccc2c1CCCCC2. The third-order valence-electron chi connectivity index (χ3n) is 5.11. The van der Waals surface area contributed by atoms with Gasteiger partial charge in [-0.2, -0.15) is 0 Å². The second-order valence-electron chi connectivity index (χ2n) is 6.49. The van der Waals surface area contributed by atoms with E-state index in [0.29, 0.717) is 17.7 Å². The Morgan fingerprint density at radius 1 is 1.25 bits per heavy atom. The topological polar surface area (TPSA) is 49.5 Å². The molecule has 1 aromatic carbocycles. The van der Waals surface area contributed by atoms with Crippen LogP contribution in [0.4, 0.5) is 0 Å². The number of hydrogen-bond acceptors (Lipinski definition) is 3. The molecule has 0 bridgehead atoms. The molecule has 0 aromatic heterocycles. The van der Waals surface area contributed by atoms with E-state index in [1.54, 1.807) is 0 Å². The summed E-state index contributed by atoms with van der Waals surface area (Å²) in [7, 11) is 2.16. The lowest BCUT2D eigenvalue weighted by Gasteiger charge is -2.25. The Morgan fingerprint density at radius 3 is 2.80 bits per heavy atom. The Labute approximate surface area is 121 Å². The van der Waals surface area contributed by atoms with E-state index in [2.05, 4.69) is 18.0 Å². The van der Waals surface area contributed by atoms with Crippen LogP contribution in [0.5, 0.6) is 5.75 Å². The van der Waals surface area contributed by atoms with Gasteiger partial charge in [0.1, 0.15) is 5.75 Å². The third-order valence-corrected chi connectivity index (χ3v) is 5.11. The first-order chi connectivity index (χ1) is 9.70. The molecule has 0 amide bonds. The van der Waals surface area contributed by atoms with Crippen molar-refractivity contribution in [3.63, 3.8) is 0 Å². The van der Waals surface area contributed by atoms with Crippen molar-refractivity contribution in [1.82, 2.24) is 4.90 Å². The Balaban J connectivity index is 2.00. The van der Waals surface area contributed by atoms with E-state index < -0.39 is 0 Å². The summed E-state index contributed by atoms with van der Waals surface area (Å²) < 4.78 is 0. The molecule has 1 aromatic rings. The van der Waals surface area contributed by atoms with E-state index in [-0.39, 0.29) is 0 Å². The molecule has 110 valence electrons. The van der Waals surface area contributed by atoms with Gasteiger partial charge in [0.05, 0.1) is 0 Å². The number of rotatable bonds is 2. The monoisotopic (exact) mass is 274 g/mol. The fourth-order valence-electron chi connectivity index (χ4n) is 4.01. The third kappa shape index (κ3) is 2.45. The molecule has 1 heterocycles. The Hall–Kier alpha value is -1.06. The first-order valence-electron chi connectivity index (χ1n) is 7.94. The van der Waals surface area contributed by atoms with Crippen LogP contribution in [0, 0.1) is 5.92 Å². The van der Waals surface area contributed by atoms with E-state index in [0.717, 1.165) is 25.9 Å². The maximum absolute atomic E-state index is 10.4. The van der Waals surface area contributed by atoms with Crippen LogP contribution in [0.2, 0.25) is 0 Å². The quantitative estimate of drug-likeness (QED) is 0.815. The molecule has 1 saturated heterocycles. The lowest BCUT2D eigenvalue weighted by molar-refractivity contribution is 0.304. The summed E-state index contributed by atoms with van der Waals surface area (Å²) in [5.41, 5.74) is 9.93. The molecule has 20 heavy (non-hydrogen) atoms.